The van der Waals surface area contributed by atoms with Gasteiger partial charge in [0.2, 0.25) is 5.91 Å². The van der Waals surface area contributed by atoms with Crippen LogP contribution in [0.2, 0.25) is 5.54 Å². The molecule has 2 aliphatic rings. The third kappa shape index (κ3) is 3.48. The van der Waals surface area contributed by atoms with Crippen molar-refractivity contribution in [2.45, 2.75) is 48.9 Å². The number of hydrogen-bond acceptors (Lipinski definition) is 4. The van der Waals surface area contributed by atoms with Crippen molar-refractivity contribution in [2.75, 3.05) is 7.11 Å². The molecule has 1 aromatic rings. The lowest BCUT2D eigenvalue weighted by atomic mass is 10.00. The number of ether oxygens (including phenoxy) is 1. The number of methoxy groups -OCH3 is 1. The number of nitrogens with one attached hydrogen (secondary N) is 1. The van der Waals surface area contributed by atoms with Gasteiger partial charge < -0.3 is 15.2 Å². The highest BCUT2D eigenvalue weighted by Gasteiger charge is 2.46. The van der Waals surface area contributed by atoms with Crippen LogP contribution >= 0.6 is 0 Å². The molecule has 0 bridgehead atoms. The van der Waals surface area contributed by atoms with E-state index in [-0.39, 0.29) is 17.4 Å². The molecule has 124 valence electrons. The molecule has 2 aliphatic carbocycles. The van der Waals surface area contributed by atoms with Crippen LogP contribution in [-0.2, 0) is 15.1 Å². The number of amides is 1. The summed E-state index contributed by atoms with van der Waals surface area (Å²) in [5.74, 6) is -0.592. The highest BCUT2D eigenvalue weighted by molar-refractivity contribution is 6.45. The minimum Gasteiger partial charge on any atom is -0.465 e. The fourth-order valence-electron chi connectivity index (χ4n) is 3.12. The normalized spacial score (nSPS) is 20.8. The molecule has 0 saturated heterocycles. The molecule has 5 nitrogen and oxygen atoms in total. The molecule has 1 amide bonds. The second-order valence-corrected chi connectivity index (χ2v) is 9.09. The number of benzene rings is 1. The molecular formula is C17H23NO4Si. The van der Waals surface area contributed by atoms with E-state index in [2.05, 4.69) is 10.1 Å². The lowest BCUT2D eigenvalue weighted by molar-refractivity contribution is -0.127. The maximum absolute atomic E-state index is 12.3. The Balaban J connectivity index is 1.62. The molecule has 2 saturated carbocycles. The van der Waals surface area contributed by atoms with Gasteiger partial charge in [-0.3, -0.25) is 4.79 Å². The molecule has 0 spiro atoms. The minimum absolute atomic E-state index is 0.224. The van der Waals surface area contributed by atoms with Crippen molar-refractivity contribution >= 4 is 21.4 Å². The molecular weight excluding hydrogens is 310 g/mol. The fraction of sp³-hybridized carbons (Fsp3) is 0.529. The van der Waals surface area contributed by atoms with Crippen LogP contribution < -0.4 is 5.32 Å². The van der Waals surface area contributed by atoms with Crippen LogP contribution in [-0.4, -0.2) is 39.3 Å². The maximum Gasteiger partial charge on any atom is 0.337 e. The third-order valence-corrected chi connectivity index (χ3v) is 7.36. The first kappa shape index (κ1) is 16.2. The van der Waals surface area contributed by atoms with E-state index in [0.717, 1.165) is 18.4 Å². The number of carbonyl (C=O) groups excluding carboxylic acids is 2. The van der Waals surface area contributed by atoms with Gasteiger partial charge in [0.1, 0.15) is 5.73 Å². The van der Waals surface area contributed by atoms with E-state index in [9.17, 15) is 14.7 Å². The molecule has 0 radical (unpaired) electrons. The van der Waals surface area contributed by atoms with E-state index in [1.165, 1.54) is 26.4 Å². The fourth-order valence-corrected chi connectivity index (χ4v) is 5.12. The van der Waals surface area contributed by atoms with Gasteiger partial charge >= 0.3 is 5.97 Å². The van der Waals surface area contributed by atoms with Gasteiger partial charge in [-0.15, -0.1) is 0 Å². The van der Waals surface area contributed by atoms with Crippen molar-refractivity contribution in [2.24, 2.45) is 0 Å². The second-order valence-electron chi connectivity index (χ2n) is 6.69. The Kier molecular flexibility index (Phi) is 4.54. The van der Waals surface area contributed by atoms with Gasteiger partial charge in [0.25, 0.3) is 0 Å². The zero-order valence-corrected chi connectivity index (χ0v) is 14.8. The van der Waals surface area contributed by atoms with Gasteiger partial charge in [0.15, 0.2) is 0 Å². The molecule has 23 heavy (non-hydrogen) atoms. The predicted molar refractivity (Wildman–Crippen MR) is 89.0 cm³/mol. The first-order chi connectivity index (χ1) is 11.0. The molecule has 1 atom stereocenters. The van der Waals surface area contributed by atoms with E-state index in [0.29, 0.717) is 11.1 Å². The molecule has 1 aromatic carbocycles. The van der Waals surface area contributed by atoms with Crippen LogP contribution in [0.15, 0.2) is 24.3 Å². The summed E-state index contributed by atoms with van der Waals surface area (Å²) in [5, 5.41) is 13.2. The maximum atomic E-state index is 12.3. The number of hydrogen-bond donors (Lipinski definition) is 2. The Labute approximate surface area is 138 Å². The number of rotatable bonds is 6. The van der Waals surface area contributed by atoms with Crippen LogP contribution in [0.1, 0.15) is 48.0 Å². The lowest BCUT2D eigenvalue weighted by Crippen LogP contribution is -2.45. The number of aliphatic hydroxyl groups is 1. The monoisotopic (exact) mass is 333 g/mol. The second kappa shape index (κ2) is 6.45. The summed E-state index contributed by atoms with van der Waals surface area (Å²) in [6.45, 7) is 0. The summed E-state index contributed by atoms with van der Waals surface area (Å²) in [7, 11) is 0.594. The standard InChI is InChI=1S/C17H23NO4Si/c1-22-15(20)11-5-7-12(8-6-11)17(9-10-17)18-14(19)16(21)23-13-3-2-4-13/h5-8,13,16,21H,2-4,9-10,23H2,1H3,(H,18,19)/t16-/m0/s1. The minimum atomic E-state index is -0.785. The Morgan fingerprint density at radius 2 is 1.96 bits per heavy atom. The van der Waals surface area contributed by atoms with Crippen LogP contribution in [0, 0.1) is 0 Å². The van der Waals surface area contributed by atoms with Crippen molar-refractivity contribution < 1.29 is 19.4 Å². The van der Waals surface area contributed by atoms with Gasteiger partial charge in [-0.2, -0.15) is 0 Å². The van der Waals surface area contributed by atoms with Crippen molar-refractivity contribution in [3.05, 3.63) is 35.4 Å². The highest BCUT2D eigenvalue weighted by atomic mass is 28.2. The lowest BCUT2D eigenvalue weighted by Gasteiger charge is -2.27. The van der Waals surface area contributed by atoms with Crippen LogP contribution in [0.3, 0.4) is 0 Å². The molecule has 2 fully saturated rings. The molecule has 0 aliphatic heterocycles. The van der Waals surface area contributed by atoms with Gasteiger partial charge in [0, 0.05) is 0 Å². The predicted octanol–water partition coefficient (Wildman–Crippen LogP) is 1.04. The summed E-state index contributed by atoms with van der Waals surface area (Å²) in [4.78, 5) is 23.7. The zero-order chi connectivity index (χ0) is 16.4. The van der Waals surface area contributed by atoms with Crippen molar-refractivity contribution in [3.63, 3.8) is 0 Å². The third-order valence-electron chi connectivity index (χ3n) is 5.06. The Morgan fingerprint density at radius 1 is 1.30 bits per heavy atom. The van der Waals surface area contributed by atoms with Gasteiger partial charge in [-0.25, -0.2) is 4.79 Å². The van der Waals surface area contributed by atoms with Crippen LogP contribution in [0.4, 0.5) is 0 Å². The zero-order valence-electron chi connectivity index (χ0n) is 13.4. The average molecular weight is 333 g/mol. The molecule has 2 N–H and O–H groups in total. The van der Waals surface area contributed by atoms with Crippen molar-refractivity contribution in [1.29, 1.82) is 0 Å². The molecule has 0 unspecified atom stereocenters. The largest absolute Gasteiger partial charge is 0.465 e. The number of aliphatic hydroxyl groups excluding tert-OH is 1. The Hall–Kier alpha value is -1.66. The average Bonchev–Trinajstić information content (AvgIpc) is 3.30. The van der Waals surface area contributed by atoms with E-state index < -0.39 is 15.2 Å². The van der Waals surface area contributed by atoms with Gasteiger partial charge in [-0.1, -0.05) is 31.4 Å². The van der Waals surface area contributed by atoms with Crippen LogP contribution in [0.25, 0.3) is 0 Å². The quantitative estimate of drug-likeness (QED) is 0.602. The van der Waals surface area contributed by atoms with E-state index in [1.807, 2.05) is 12.1 Å². The SMILES string of the molecule is COC(=O)c1ccc(C2(NC(=O)[C@@H](O)[SiH2]C3CCC3)CC2)cc1. The van der Waals surface area contributed by atoms with E-state index >= 15 is 0 Å². The smallest absolute Gasteiger partial charge is 0.337 e. The first-order valence-corrected chi connectivity index (χ1v) is 9.86. The molecule has 0 heterocycles. The number of carbonyl (C=O) groups is 2. The van der Waals surface area contributed by atoms with E-state index in [4.69, 9.17) is 0 Å². The number of esters is 1. The summed E-state index contributed by atoms with van der Waals surface area (Å²) >= 11 is 0. The van der Waals surface area contributed by atoms with Crippen molar-refractivity contribution in [3.8, 4) is 0 Å². The Bertz CT molecular complexity index is 593. The van der Waals surface area contributed by atoms with Crippen molar-refractivity contribution in [1.82, 2.24) is 5.32 Å². The summed E-state index contributed by atoms with van der Waals surface area (Å²) < 4.78 is 4.69. The summed E-state index contributed by atoms with van der Waals surface area (Å²) in [6, 6.07) is 7.14. The molecule has 0 aromatic heterocycles. The van der Waals surface area contributed by atoms with E-state index in [1.54, 1.807) is 12.1 Å². The first-order valence-electron chi connectivity index (χ1n) is 8.23. The van der Waals surface area contributed by atoms with Gasteiger partial charge in [-0.05, 0) is 36.1 Å². The topological polar surface area (TPSA) is 75.6 Å². The summed E-state index contributed by atoms with van der Waals surface area (Å²) in [6.07, 6.45) is 5.33. The summed E-state index contributed by atoms with van der Waals surface area (Å²) in [5.41, 5.74) is 0.963. The molecule has 6 heteroatoms. The highest BCUT2D eigenvalue weighted by Crippen LogP contribution is 2.45. The van der Waals surface area contributed by atoms with Crippen LogP contribution in [0.5, 0.6) is 0 Å². The van der Waals surface area contributed by atoms with Gasteiger partial charge in [0.05, 0.1) is 27.7 Å². The molecule has 3 rings (SSSR count). The Morgan fingerprint density at radius 3 is 2.43 bits per heavy atom.